The number of hydrogen-bond donors (Lipinski definition) is 1. The van der Waals surface area contributed by atoms with Gasteiger partial charge in [-0.2, -0.15) is 0 Å². The van der Waals surface area contributed by atoms with Crippen LogP contribution in [0.3, 0.4) is 0 Å². The molecule has 7 rings (SSSR count). The lowest BCUT2D eigenvalue weighted by atomic mass is 9.78. The van der Waals surface area contributed by atoms with Crippen molar-refractivity contribution in [3.63, 3.8) is 0 Å². The van der Waals surface area contributed by atoms with Crippen molar-refractivity contribution < 1.29 is 19.5 Å². The van der Waals surface area contributed by atoms with E-state index in [2.05, 4.69) is 6.08 Å². The minimum atomic E-state index is -0.936. The van der Waals surface area contributed by atoms with E-state index in [0.29, 0.717) is 32.6 Å². The maximum absolute atomic E-state index is 14.8. The van der Waals surface area contributed by atoms with Gasteiger partial charge in [0, 0.05) is 31.4 Å². The normalized spacial score (nSPS) is 28.0. The number of aliphatic hydroxyl groups excluding tert-OH is 1. The molecule has 6 atom stereocenters. The number of carbonyl (C=O) groups excluding carboxylic acids is 3. The summed E-state index contributed by atoms with van der Waals surface area (Å²) in [6, 6.07) is 28.0. The van der Waals surface area contributed by atoms with Crippen molar-refractivity contribution in [3.05, 3.63) is 132 Å². The first-order valence-corrected chi connectivity index (χ1v) is 16.5. The quantitative estimate of drug-likeness (QED) is 0.385. The molecule has 3 aromatic carbocycles. The molecule has 3 amide bonds. The summed E-state index contributed by atoms with van der Waals surface area (Å²) in [5.74, 6) is -1.78. The van der Waals surface area contributed by atoms with Crippen LogP contribution in [0.15, 0.2) is 115 Å². The highest BCUT2D eigenvalue weighted by atomic mass is 32.2. The third-order valence-corrected chi connectivity index (χ3v) is 11.4. The molecule has 4 aliphatic rings. The second-order valence-electron chi connectivity index (χ2n) is 12.4. The van der Waals surface area contributed by atoms with E-state index in [4.69, 9.17) is 0 Å². The van der Waals surface area contributed by atoms with Crippen molar-refractivity contribution in [3.8, 4) is 0 Å². The molecule has 1 N–H and O–H groups in total. The van der Waals surface area contributed by atoms with Crippen LogP contribution in [-0.4, -0.2) is 79.3 Å². The smallest absolute Gasteiger partial charge is 0.247 e. The van der Waals surface area contributed by atoms with E-state index in [1.54, 1.807) is 21.6 Å². The van der Waals surface area contributed by atoms with E-state index in [-0.39, 0.29) is 29.6 Å². The lowest BCUT2D eigenvalue weighted by Crippen LogP contribution is -2.56. The zero-order valence-corrected chi connectivity index (χ0v) is 25.8. The number of nitrogens with zero attached hydrogens (tertiary/aromatic N) is 3. The van der Waals surface area contributed by atoms with Crippen LogP contribution in [0.2, 0.25) is 0 Å². The molecule has 0 saturated carbocycles. The van der Waals surface area contributed by atoms with E-state index < -0.39 is 28.7 Å². The third-order valence-electron chi connectivity index (χ3n) is 9.61. The number of amides is 3. The molecule has 0 radical (unpaired) electrons. The van der Waals surface area contributed by atoms with Gasteiger partial charge in [0.05, 0.1) is 29.2 Å². The topological polar surface area (TPSA) is 81.2 Å². The molecule has 7 nitrogen and oxygen atoms in total. The van der Waals surface area contributed by atoms with Gasteiger partial charge in [-0.25, -0.2) is 0 Å². The molecule has 230 valence electrons. The monoisotopic (exact) mass is 619 g/mol. The Kier molecular flexibility index (Phi) is 8.10. The molecule has 3 aromatic rings. The fourth-order valence-corrected chi connectivity index (χ4v) is 9.59. The van der Waals surface area contributed by atoms with Crippen LogP contribution in [0.5, 0.6) is 0 Å². The lowest BCUT2D eigenvalue weighted by molar-refractivity contribution is -0.147. The van der Waals surface area contributed by atoms with Crippen molar-refractivity contribution in [1.82, 2.24) is 14.7 Å². The molecule has 2 fully saturated rings. The fraction of sp³-hybridized carbons (Fsp3) is 0.324. The summed E-state index contributed by atoms with van der Waals surface area (Å²) >= 11 is 1.58. The second kappa shape index (κ2) is 12.3. The van der Waals surface area contributed by atoms with Crippen LogP contribution in [-0.2, 0) is 33.9 Å². The molecule has 2 saturated heterocycles. The molecule has 45 heavy (non-hydrogen) atoms. The molecule has 0 aromatic heterocycles. The molecule has 1 spiro atoms. The molecule has 4 aliphatic heterocycles. The van der Waals surface area contributed by atoms with Crippen molar-refractivity contribution in [2.24, 2.45) is 11.8 Å². The molecular formula is C37H37N3O4S. The first-order valence-electron chi connectivity index (χ1n) is 15.6. The highest BCUT2D eigenvalue weighted by molar-refractivity contribution is 8.02. The number of rotatable bonds is 8. The maximum Gasteiger partial charge on any atom is 0.247 e. The highest BCUT2D eigenvalue weighted by Gasteiger charge is 2.71. The lowest BCUT2D eigenvalue weighted by Gasteiger charge is -2.38. The van der Waals surface area contributed by atoms with Crippen LogP contribution in [0.4, 0.5) is 0 Å². The Hall–Kier alpha value is -4.14. The maximum atomic E-state index is 14.8. The van der Waals surface area contributed by atoms with Gasteiger partial charge in [-0.3, -0.25) is 14.4 Å². The van der Waals surface area contributed by atoms with Crippen LogP contribution < -0.4 is 0 Å². The van der Waals surface area contributed by atoms with Gasteiger partial charge in [0.15, 0.2) is 0 Å². The summed E-state index contributed by atoms with van der Waals surface area (Å²) in [4.78, 5) is 49.3. The van der Waals surface area contributed by atoms with Gasteiger partial charge in [-0.05, 0) is 23.1 Å². The number of carbonyl (C=O) groups is 3. The molecule has 1 unspecified atom stereocenters. The number of fused-ring (bicyclic) bond motifs is 2. The fourth-order valence-electron chi connectivity index (χ4n) is 7.60. The van der Waals surface area contributed by atoms with Crippen LogP contribution >= 0.6 is 11.8 Å². The Morgan fingerprint density at radius 1 is 0.733 bits per heavy atom. The number of benzene rings is 3. The van der Waals surface area contributed by atoms with Gasteiger partial charge < -0.3 is 19.8 Å². The largest absolute Gasteiger partial charge is 0.394 e. The minimum Gasteiger partial charge on any atom is -0.394 e. The van der Waals surface area contributed by atoms with E-state index in [1.165, 1.54) is 0 Å². The van der Waals surface area contributed by atoms with Gasteiger partial charge in [-0.15, -0.1) is 11.8 Å². The summed E-state index contributed by atoms with van der Waals surface area (Å²) < 4.78 is -0.936. The molecule has 0 bridgehead atoms. The summed E-state index contributed by atoms with van der Waals surface area (Å²) in [5, 5.41) is 10.5. The molecule has 4 heterocycles. The molecule has 0 aliphatic carbocycles. The predicted molar refractivity (Wildman–Crippen MR) is 175 cm³/mol. The average molecular weight is 620 g/mol. The summed E-state index contributed by atoms with van der Waals surface area (Å²) in [5.41, 5.74) is 3.00. The van der Waals surface area contributed by atoms with Crippen molar-refractivity contribution in [2.45, 2.75) is 41.6 Å². The first kappa shape index (κ1) is 29.6. The van der Waals surface area contributed by atoms with Gasteiger partial charge in [0.1, 0.15) is 6.04 Å². The van der Waals surface area contributed by atoms with Crippen molar-refractivity contribution in [1.29, 1.82) is 0 Å². The SMILES string of the molecule is O=C1C2N([C@@H](CO)Cc3ccccc3)C(=O)[C@@H]3[C@H]4C(=O)N(Cc5ccccc5)CC=C[C@H]4S[C@]23C=CCN1Cc1ccccc1. The van der Waals surface area contributed by atoms with Crippen LogP contribution in [0, 0.1) is 11.8 Å². The van der Waals surface area contributed by atoms with Gasteiger partial charge in [-0.1, -0.05) is 115 Å². The Bertz CT molecular complexity index is 1610. The van der Waals surface area contributed by atoms with Gasteiger partial charge >= 0.3 is 0 Å². The third kappa shape index (κ3) is 5.30. The highest BCUT2D eigenvalue weighted by Crippen LogP contribution is 2.61. The van der Waals surface area contributed by atoms with E-state index >= 15 is 0 Å². The van der Waals surface area contributed by atoms with Crippen molar-refractivity contribution in [2.75, 3.05) is 19.7 Å². The summed E-state index contributed by atoms with van der Waals surface area (Å²) in [7, 11) is 0. The molecular weight excluding hydrogens is 582 g/mol. The number of aliphatic hydroxyl groups is 1. The van der Waals surface area contributed by atoms with E-state index in [1.807, 2.05) is 114 Å². The van der Waals surface area contributed by atoms with Crippen molar-refractivity contribution >= 4 is 29.5 Å². The first-order chi connectivity index (χ1) is 22.0. The second-order valence-corrected chi connectivity index (χ2v) is 13.8. The predicted octanol–water partition coefficient (Wildman–Crippen LogP) is 4.08. The van der Waals surface area contributed by atoms with E-state index in [0.717, 1.165) is 16.7 Å². The Morgan fingerprint density at radius 3 is 1.89 bits per heavy atom. The van der Waals surface area contributed by atoms with Crippen LogP contribution in [0.1, 0.15) is 16.7 Å². The summed E-state index contributed by atoms with van der Waals surface area (Å²) in [6.07, 6.45) is 8.55. The number of hydrogen-bond acceptors (Lipinski definition) is 5. The van der Waals surface area contributed by atoms with Gasteiger partial charge in [0.25, 0.3) is 0 Å². The van der Waals surface area contributed by atoms with E-state index in [9.17, 15) is 19.5 Å². The zero-order valence-electron chi connectivity index (χ0n) is 25.0. The number of likely N-dealkylation sites (tertiary alicyclic amines) is 1. The minimum absolute atomic E-state index is 0.0629. The Labute approximate surface area is 268 Å². The zero-order chi connectivity index (χ0) is 31.0. The Balaban J connectivity index is 1.29. The Morgan fingerprint density at radius 2 is 1.29 bits per heavy atom. The molecule has 8 heteroatoms. The summed E-state index contributed by atoms with van der Waals surface area (Å²) in [6.45, 7) is 1.44. The number of thioether (sulfide) groups is 1. The van der Waals surface area contributed by atoms with Gasteiger partial charge in [0.2, 0.25) is 17.7 Å². The standard InChI is InChI=1S/C37H37N3O4S/c41-25-29(22-26-12-4-1-5-13-26)40-33-36(44)39(24-28-16-8-3-9-17-28)21-11-19-37(33)32(35(40)43)31-30(45-37)18-10-20-38(34(31)42)23-27-14-6-2-7-15-27/h1-19,29-33,41H,20-25H2/t29-,30-,31+,32+,33?,37+/m1/s1. The van der Waals surface area contributed by atoms with Crippen LogP contribution in [0.25, 0.3) is 0 Å². The average Bonchev–Trinajstić information content (AvgIpc) is 3.40.